The molecule has 2 heterocycles. The molecule has 1 aliphatic rings. The lowest BCUT2D eigenvalue weighted by Crippen LogP contribution is -2.42. The summed E-state index contributed by atoms with van der Waals surface area (Å²) < 4.78 is 5.47. The van der Waals surface area contributed by atoms with Gasteiger partial charge in [-0.05, 0) is 50.5 Å². The number of likely N-dealkylation sites (tertiary alicyclic amines) is 1. The molecule has 27 heavy (non-hydrogen) atoms. The van der Waals surface area contributed by atoms with Gasteiger partial charge < -0.3 is 14.8 Å². The zero-order valence-corrected chi connectivity index (χ0v) is 16.4. The second kappa shape index (κ2) is 7.02. The Morgan fingerprint density at radius 1 is 1.11 bits per heavy atom. The number of rotatable bonds is 4. The van der Waals surface area contributed by atoms with Gasteiger partial charge in [0.15, 0.2) is 0 Å². The van der Waals surface area contributed by atoms with E-state index in [0.29, 0.717) is 12.8 Å². The quantitative estimate of drug-likeness (QED) is 0.726. The minimum atomic E-state index is -0.810. The number of nitrogens with zero attached hydrogens (tertiary/aromatic N) is 1. The van der Waals surface area contributed by atoms with Gasteiger partial charge in [0.2, 0.25) is 0 Å². The summed E-state index contributed by atoms with van der Waals surface area (Å²) in [5, 5.41) is 12.5. The lowest BCUT2D eigenvalue weighted by molar-refractivity contribution is -0.0294. The van der Waals surface area contributed by atoms with Gasteiger partial charge in [-0.1, -0.05) is 29.8 Å². The van der Waals surface area contributed by atoms with Gasteiger partial charge >= 0.3 is 0 Å². The first-order chi connectivity index (χ1) is 13.0. The van der Waals surface area contributed by atoms with Gasteiger partial charge in [-0.2, -0.15) is 0 Å². The molecule has 4 nitrogen and oxygen atoms in total. The standard InChI is InChI=1S/C23H28N2O2/c1-16-8-9-20-18(14-16)17(2)21(24-20)15-25-12-10-23(26,11-13-25)19-6-4-5-7-22(19)27-3/h4-9,14,24,26H,10-13,15H2,1-3H3. The van der Waals surface area contributed by atoms with Crippen molar-refractivity contribution in [3.8, 4) is 5.75 Å². The fraction of sp³-hybridized carbons (Fsp3) is 0.391. The van der Waals surface area contributed by atoms with Crippen LogP contribution >= 0.6 is 0 Å². The average molecular weight is 364 g/mol. The number of aromatic nitrogens is 1. The molecule has 0 unspecified atom stereocenters. The van der Waals surface area contributed by atoms with E-state index in [0.717, 1.165) is 30.9 Å². The molecule has 1 aliphatic heterocycles. The van der Waals surface area contributed by atoms with Crippen LogP contribution in [0.1, 0.15) is 35.2 Å². The molecule has 4 rings (SSSR count). The van der Waals surface area contributed by atoms with E-state index in [9.17, 15) is 5.11 Å². The summed E-state index contributed by atoms with van der Waals surface area (Å²) >= 11 is 0. The van der Waals surface area contributed by atoms with Crippen LogP contribution in [0.2, 0.25) is 0 Å². The van der Waals surface area contributed by atoms with Crippen molar-refractivity contribution >= 4 is 10.9 Å². The first-order valence-electron chi connectivity index (χ1n) is 9.66. The van der Waals surface area contributed by atoms with Crippen molar-refractivity contribution < 1.29 is 9.84 Å². The number of hydrogen-bond donors (Lipinski definition) is 2. The molecular formula is C23H28N2O2. The van der Waals surface area contributed by atoms with Crippen LogP contribution in [0.3, 0.4) is 0 Å². The smallest absolute Gasteiger partial charge is 0.124 e. The molecule has 0 radical (unpaired) electrons. The Bertz CT molecular complexity index is 952. The van der Waals surface area contributed by atoms with E-state index in [4.69, 9.17) is 4.74 Å². The Morgan fingerprint density at radius 3 is 2.59 bits per heavy atom. The lowest BCUT2D eigenvalue weighted by atomic mass is 9.84. The predicted molar refractivity (Wildman–Crippen MR) is 109 cm³/mol. The molecule has 0 aliphatic carbocycles. The number of nitrogens with one attached hydrogen (secondary N) is 1. The maximum Gasteiger partial charge on any atom is 0.124 e. The Balaban J connectivity index is 1.49. The highest BCUT2D eigenvalue weighted by molar-refractivity contribution is 5.85. The van der Waals surface area contributed by atoms with Crippen LogP contribution in [-0.2, 0) is 12.1 Å². The number of para-hydroxylation sites is 1. The summed E-state index contributed by atoms with van der Waals surface area (Å²) in [6, 6.07) is 14.4. The molecule has 0 bridgehead atoms. The van der Waals surface area contributed by atoms with Crippen LogP contribution in [0.15, 0.2) is 42.5 Å². The van der Waals surface area contributed by atoms with Crippen molar-refractivity contribution in [3.63, 3.8) is 0 Å². The molecular weight excluding hydrogens is 336 g/mol. The van der Waals surface area contributed by atoms with E-state index in [1.807, 2.05) is 24.3 Å². The van der Waals surface area contributed by atoms with Crippen molar-refractivity contribution in [3.05, 3.63) is 64.8 Å². The number of ether oxygens (including phenoxy) is 1. The van der Waals surface area contributed by atoms with Crippen molar-refractivity contribution in [2.75, 3.05) is 20.2 Å². The SMILES string of the molecule is COc1ccccc1C1(O)CCN(Cc2[nH]c3ccc(C)cc3c2C)CC1. The number of fused-ring (bicyclic) bond motifs is 1. The van der Waals surface area contributed by atoms with Gasteiger partial charge in [0.1, 0.15) is 5.75 Å². The van der Waals surface area contributed by atoms with Crippen LogP contribution in [0.5, 0.6) is 5.75 Å². The van der Waals surface area contributed by atoms with E-state index in [-0.39, 0.29) is 0 Å². The summed E-state index contributed by atoms with van der Waals surface area (Å²) in [5.74, 6) is 0.773. The summed E-state index contributed by atoms with van der Waals surface area (Å²) in [7, 11) is 1.66. The Hall–Kier alpha value is -2.30. The van der Waals surface area contributed by atoms with Crippen molar-refractivity contribution in [1.82, 2.24) is 9.88 Å². The third-order valence-electron chi connectivity index (χ3n) is 5.99. The second-order valence-electron chi connectivity index (χ2n) is 7.79. The van der Waals surface area contributed by atoms with Gasteiger partial charge in [0.25, 0.3) is 0 Å². The number of benzene rings is 2. The van der Waals surface area contributed by atoms with Crippen LogP contribution in [0.4, 0.5) is 0 Å². The summed E-state index contributed by atoms with van der Waals surface area (Å²) in [5.41, 5.74) is 5.20. The Kier molecular flexibility index (Phi) is 4.70. The van der Waals surface area contributed by atoms with E-state index in [2.05, 4.69) is 41.9 Å². The zero-order chi connectivity index (χ0) is 19.0. The molecule has 0 atom stereocenters. The van der Waals surface area contributed by atoms with Gasteiger partial charge in [-0.3, -0.25) is 4.90 Å². The molecule has 0 saturated carbocycles. The number of methoxy groups -OCH3 is 1. The number of piperidine rings is 1. The van der Waals surface area contributed by atoms with E-state index in [1.54, 1.807) is 7.11 Å². The maximum absolute atomic E-state index is 11.2. The van der Waals surface area contributed by atoms with Crippen LogP contribution < -0.4 is 4.74 Å². The maximum atomic E-state index is 11.2. The third-order valence-corrected chi connectivity index (χ3v) is 5.99. The first-order valence-corrected chi connectivity index (χ1v) is 9.66. The van der Waals surface area contributed by atoms with E-state index < -0.39 is 5.60 Å². The number of hydrogen-bond acceptors (Lipinski definition) is 3. The average Bonchev–Trinajstić information content (AvgIpc) is 2.99. The fourth-order valence-corrected chi connectivity index (χ4v) is 4.26. The minimum Gasteiger partial charge on any atom is -0.496 e. The highest BCUT2D eigenvalue weighted by atomic mass is 16.5. The highest BCUT2D eigenvalue weighted by Gasteiger charge is 2.36. The zero-order valence-electron chi connectivity index (χ0n) is 16.4. The largest absolute Gasteiger partial charge is 0.496 e. The second-order valence-corrected chi connectivity index (χ2v) is 7.79. The molecule has 0 spiro atoms. The topological polar surface area (TPSA) is 48.5 Å². The van der Waals surface area contributed by atoms with Gasteiger partial charge in [0, 0.05) is 41.8 Å². The van der Waals surface area contributed by atoms with Gasteiger partial charge in [-0.25, -0.2) is 0 Å². The fourth-order valence-electron chi connectivity index (χ4n) is 4.26. The summed E-state index contributed by atoms with van der Waals surface area (Å²) in [6.07, 6.45) is 1.43. The summed E-state index contributed by atoms with van der Waals surface area (Å²) in [6.45, 7) is 6.95. The molecule has 1 fully saturated rings. The van der Waals surface area contributed by atoms with Crippen molar-refractivity contribution in [1.29, 1.82) is 0 Å². The van der Waals surface area contributed by atoms with Crippen molar-refractivity contribution in [2.45, 2.75) is 38.8 Å². The summed E-state index contributed by atoms with van der Waals surface area (Å²) in [4.78, 5) is 6.01. The third kappa shape index (κ3) is 3.35. The minimum absolute atomic E-state index is 0.714. The molecule has 142 valence electrons. The molecule has 4 heteroatoms. The van der Waals surface area contributed by atoms with E-state index in [1.165, 1.54) is 27.7 Å². The van der Waals surface area contributed by atoms with Crippen LogP contribution in [0.25, 0.3) is 10.9 Å². The molecule has 2 aromatic carbocycles. The molecule has 1 aromatic heterocycles. The van der Waals surface area contributed by atoms with Crippen LogP contribution in [0, 0.1) is 13.8 Å². The van der Waals surface area contributed by atoms with Gasteiger partial charge in [-0.15, -0.1) is 0 Å². The highest BCUT2D eigenvalue weighted by Crippen LogP contribution is 2.38. The van der Waals surface area contributed by atoms with Gasteiger partial charge in [0.05, 0.1) is 12.7 Å². The Labute approximate surface area is 160 Å². The molecule has 1 saturated heterocycles. The number of aryl methyl sites for hydroxylation is 2. The molecule has 0 amide bonds. The molecule has 3 aromatic rings. The lowest BCUT2D eigenvalue weighted by Gasteiger charge is -2.39. The number of aromatic amines is 1. The Morgan fingerprint density at radius 2 is 1.85 bits per heavy atom. The van der Waals surface area contributed by atoms with Crippen molar-refractivity contribution in [2.24, 2.45) is 0 Å². The number of aliphatic hydroxyl groups is 1. The normalized spacial score (nSPS) is 17.3. The van der Waals surface area contributed by atoms with Crippen LogP contribution in [-0.4, -0.2) is 35.2 Å². The molecule has 2 N–H and O–H groups in total. The van der Waals surface area contributed by atoms with E-state index >= 15 is 0 Å². The number of H-pyrrole nitrogens is 1. The predicted octanol–water partition coefficient (Wildman–Crippen LogP) is 4.28. The first kappa shape index (κ1) is 18.1. The monoisotopic (exact) mass is 364 g/mol.